The van der Waals surface area contributed by atoms with Crippen LogP contribution in [0.3, 0.4) is 0 Å². The van der Waals surface area contributed by atoms with Gasteiger partial charge in [0.05, 0.1) is 0 Å². The van der Waals surface area contributed by atoms with Crippen molar-refractivity contribution in [3.8, 4) is 0 Å². The van der Waals surface area contributed by atoms with E-state index < -0.39 is 0 Å². The van der Waals surface area contributed by atoms with Crippen LogP contribution in [-0.4, -0.2) is 37.0 Å². The number of rotatable bonds is 6. The van der Waals surface area contributed by atoms with Gasteiger partial charge >= 0.3 is 0 Å². The molecule has 1 fully saturated rings. The first kappa shape index (κ1) is 16.5. The maximum atomic E-state index is 12.0. The zero-order valence-electron chi connectivity index (χ0n) is 12.8. The van der Waals surface area contributed by atoms with Gasteiger partial charge in [-0.1, -0.05) is 35.2 Å². The molecular weight excluding hydrogens is 328 g/mol. The van der Waals surface area contributed by atoms with Gasteiger partial charge in [0.2, 0.25) is 0 Å². The zero-order chi connectivity index (χ0) is 15.1. The molecular formula is C17H25BrN2O. The monoisotopic (exact) mass is 352 g/mol. The Morgan fingerprint density at radius 2 is 1.90 bits per heavy atom. The van der Waals surface area contributed by atoms with Crippen molar-refractivity contribution in [3.05, 3.63) is 34.3 Å². The van der Waals surface area contributed by atoms with Crippen LogP contribution in [0.1, 0.15) is 48.9 Å². The third-order valence-corrected chi connectivity index (χ3v) is 4.81. The third-order valence-electron chi connectivity index (χ3n) is 4.28. The number of amides is 1. The Morgan fingerprint density at radius 1 is 1.24 bits per heavy atom. The Kier molecular flexibility index (Phi) is 6.71. The normalized spacial score (nSPS) is 16.1. The molecule has 1 aliphatic rings. The molecule has 0 saturated heterocycles. The molecule has 1 aromatic rings. The van der Waals surface area contributed by atoms with E-state index in [1.807, 2.05) is 24.3 Å². The average molecular weight is 353 g/mol. The highest BCUT2D eigenvalue weighted by Gasteiger charge is 2.17. The fourth-order valence-corrected chi connectivity index (χ4v) is 3.20. The van der Waals surface area contributed by atoms with E-state index in [0.717, 1.165) is 35.6 Å². The van der Waals surface area contributed by atoms with Crippen molar-refractivity contribution in [3.63, 3.8) is 0 Å². The Balaban J connectivity index is 1.64. The summed E-state index contributed by atoms with van der Waals surface area (Å²) < 4.78 is 0.994. The van der Waals surface area contributed by atoms with Gasteiger partial charge in [-0.05, 0) is 57.1 Å². The molecule has 1 aliphatic carbocycles. The van der Waals surface area contributed by atoms with Gasteiger partial charge in [0, 0.05) is 22.6 Å². The topological polar surface area (TPSA) is 32.3 Å². The molecule has 1 amide bonds. The van der Waals surface area contributed by atoms with E-state index in [-0.39, 0.29) is 5.91 Å². The van der Waals surface area contributed by atoms with Gasteiger partial charge in [-0.25, -0.2) is 0 Å². The van der Waals surface area contributed by atoms with Gasteiger partial charge in [-0.2, -0.15) is 0 Å². The molecule has 0 heterocycles. The van der Waals surface area contributed by atoms with Crippen LogP contribution in [0, 0.1) is 0 Å². The molecule has 1 saturated carbocycles. The van der Waals surface area contributed by atoms with E-state index >= 15 is 0 Å². The molecule has 0 spiro atoms. The first-order chi connectivity index (χ1) is 10.2. The maximum absolute atomic E-state index is 12.0. The molecule has 0 radical (unpaired) electrons. The second-order valence-electron chi connectivity index (χ2n) is 5.89. The standard InChI is InChI=1S/C17H25BrN2O/c1-20(16-6-3-2-4-7-16)13-5-12-19-17(21)14-8-10-15(18)11-9-14/h8-11,16H,2-7,12-13H2,1H3,(H,19,21). The Bertz CT molecular complexity index is 441. The molecule has 21 heavy (non-hydrogen) atoms. The summed E-state index contributed by atoms with van der Waals surface area (Å²) >= 11 is 3.37. The van der Waals surface area contributed by atoms with Gasteiger partial charge in [-0.15, -0.1) is 0 Å². The molecule has 3 nitrogen and oxygen atoms in total. The molecule has 1 N–H and O–H groups in total. The summed E-state index contributed by atoms with van der Waals surface area (Å²) in [5, 5.41) is 3.00. The van der Waals surface area contributed by atoms with Crippen LogP contribution in [0.2, 0.25) is 0 Å². The largest absolute Gasteiger partial charge is 0.352 e. The predicted molar refractivity (Wildman–Crippen MR) is 90.6 cm³/mol. The highest BCUT2D eigenvalue weighted by atomic mass is 79.9. The number of hydrogen-bond donors (Lipinski definition) is 1. The van der Waals surface area contributed by atoms with Crippen molar-refractivity contribution in [2.45, 2.75) is 44.6 Å². The van der Waals surface area contributed by atoms with E-state index in [2.05, 4.69) is 33.2 Å². The number of hydrogen-bond acceptors (Lipinski definition) is 2. The van der Waals surface area contributed by atoms with Crippen LogP contribution in [0.5, 0.6) is 0 Å². The first-order valence-corrected chi connectivity index (χ1v) is 8.70. The summed E-state index contributed by atoms with van der Waals surface area (Å²) in [6.45, 7) is 1.80. The molecule has 0 unspecified atom stereocenters. The quantitative estimate of drug-likeness (QED) is 0.789. The molecule has 4 heteroatoms. The molecule has 1 aromatic carbocycles. The zero-order valence-corrected chi connectivity index (χ0v) is 14.4. The number of carbonyl (C=O) groups is 1. The van der Waals surface area contributed by atoms with Crippen LogP contribution in [0.4, 0.5) is 0 Å². The van der Waals surface area contributed by atoms with Gasteiger partial charge in [-0.3, -0.25) is 4.79 Å². The summed E-state index contributed by atoms with van der Waals surface area (Å²) in [6, 6.07) is 8.22. The lowest BCUT2D eigenvalue weighted by atomic mass is 9.94. The smallest absolute Gasteiger partial charge is 0.251 e. The molecule has 0 aromatic heterocycles. The van der Waals surface area contributed by atoms with Crippen molar-refractivity contribution in [2.75, 3.05) is 20.1 Å². The van der Waals surface area contributed by atoms with E-state index in [1.165, 1.54) is 32.1 Å². The highest BCUT2D eigenvalue weighted by molar-refractivity contribution is 9.10. The van der Waals surface area contributed by atoms with Crippen molar-refractivity contribution in [1.82, 2.24) is 10.2 Å². The predicted octanol–water partition coefficient (Wildman–Crippen LogP) is 3.83. The minimum absolute atomic E-state index is 0.0165. The number of benzene rings is 1. The lowest BCUT2D eigenvalue weighted by molar-refractivity contribution is 0.0950. The van der Waals surface area contributed by atoms with Gasteiger partial charge in [0.1, 0.15) is 0 Å². The van der Waals surface area contributed by atoms with E-state index in [0.29, 0.717) is 0 Å². The fraction of sp³-hybridized carbons (Fsp3) is 0.588. The van der Waals surface area contributed by atoms with E-state index in [1.54, 1.807) is 0 Å². The van der Waals surface area contributed by atoms with Crippen LogP contribution >= 0.6 is 15.9 Å². The summed E-state index contributed by atoms with van der Waals surface area (Å²) in [5.41, 5.74) is 0.721. The van der Waals surface area contributed by atoms with Crippen LogP contribution in [0.15, 0.2) is 28.7 Å². The minimum Gasteiger partial charge on any atom is -0.352 e. The third kappa shape index (κ3) is 5.44. The van der Waals surface area contributed by atoms with Gasteiger partial charge in [0.25, 0.3) is 5.91 Å². The summed E-state index contributed by atoms with van der Waals surface area (Å²) in [4.78, 5) is 14.4. The van der Waals surface area contributed by atoms with Crippen molar-refractivity contribution >= 4 is 21.8 Å². The summed E-state index contributed by atoms with van der Waals surface area (Å²) in [7, 11) is 2.21. The summed E-state index contributed by atoms with van der Waals surface area (Å²) in [6.07, 6.45) is 7.82. The number of nitrogens with one attached hydrogen (secondary N) is 1. The van der Waals surface area contributed by atoms with Crippen molar-refractivity contribution < 1.29 is 4.79 Å². The highest BCUT2D eigenvalue weighted by Crippen LogP contribution is 2.21. The molecule has 0 bridgehead atoms. The Hall–Kier alpha value is -0.870. The molecule has 0 atom stereocenters. The van der Waals surface area contributed by atoms with E-state index in [9.17, 15) is 4.79 Å². The van der Waals surface area contributed by atoms with Crippen molar-refractivity contribution in [1.29, 1.82) is 0 Å². The Labute approximate surface area is 136 Å². The minimum atomic E-state index is 0.0165. The lowest BCUT2D eigenvalue weighted by Crippen LogP contribution is -2.35. The molecule has 0 aliphatic heterocycles. The van der Waals surface area contributed by atoms with Crippen LogP contribution < -0.4 is 5.32 Å². The number of halogens is 1. The van der Waals surface area contributed by atoms with E-state index in [4.69, 9.17) is 0 Å². The lowest BCUT2D eigenvalue weighted by Gasteiger charge is -2.31. The SMILES string of the molecule is CN(CCCNC(=O)c1ccc(Br)cc1)C1CCCCC1. The first-order valence-electron chi connectivity index (χ1n) is 7.91. The second kappa shape index (κ2) is 8.54. The fourth-order valence-electron chi connectivity index (χ4n) is 2.94. The number of nitrogens with zero attached hydrogens (tertiary/aromatic N) is 1. The Morgan fingerprint density at radius 3 is 2.57 bits per heavy atom. The molecule has 116 valence electrons. The molecule has 2 rings (SSSR count). The average Bonchev–Trinajstić information content (AvgIpc) is 2.52. The van der Waals surface area contributed by atoms with Gasteiger partial charge in [0.15, 0.2) is 0 Å². The second-order valence-corrected chi connectivity index (χ2v) is 6.80. The maximum Gasteiger partial charge on any atom is 0.251 e. The van der Waals surface area contributed by atoms with Crippen LogP contribution in [0.25, 0.3) is 0 Å². The van der Waals surface area contributed by atoms with Crippen LogP contribution in [-0.2, 0) is 0 Å². The van der Waals surface area contributed by atoms with Crippen molar-refractivity contribution in [2.24, 2.45) is 0 Å². The van der Waals surface area contributed by atoms with Gasteiger partial charge < -0.3 is 10.2 Å². The summed E-state index contributed by atoms with van der Waals surface area (Å²) in [5.74, 6) is 0.0165. The number of carbonyl (C=O) groups excluding carboxylic acids is 1.